The summed E-state index contributed by atoms with van der Waals surface area (Å²) < 4.78 is 34.2. The van der Waals surface area contributed by atoms with Crippen LogP contribution >= 0.6 is 0 Å². The van der Waals surface area contributed by atoms with E-state index in [1.54, 1.807) is 22.9 Å². The molecular weight excluding hydrogens is 416 g/mol. The van der Waals surface area contributed by atoms with Crippen LogP contribution in [0.15, 0.2) is 47.2 Å². The fourth-order valence-electron chi connectivity index (χ4n) is 4.03. The standard InChI is InChI=1S/C22H23F2N7O/c23-15-5-6-18(17(24)13-15)30-10-8-29(9-11-30)7-1-3-16-14-31-22(20(25)26-16)27-21(28-31)19-4-2-12-32-19/h2,4-6,12-14H,1,3,7-11H2,(H2,25,26). The molecule has 0 spiro atoms. The van der Waals surface area contributed by atoms with Gasteiger partial charge in [0, 0.05) is 32.2 Å². The lowest BCUT2D eigenvalue weighted by Crippen LogP contribution is -2.47. The highest BCUT2D eigenvalue weighted by Crippen LogP contribution is 2.22. The van der Waals surface area contributed by atoms with Crippen LogP contribution in [0.25, 0.3) is 17.2 Å². The largest absolute Gasteiger partial charge is 0.461 e. The maximum Gasteiger partial charge on any atom is 0.218 e. The van der Waals surface area contributed by atoms with E-state index in [1.807, 2.05) is 11.1 Å². The number of fused-ring (bicyclic) bond motifs is 1. The number of nitrogen functional groups attached to an aromatic ring is 1. The Morgan fingerprint density at radius 1 is 1.06 bits per heavy atom. The van der Waals surface area contributed by atoms with Crippen molar-refractivity contribution in [1.29, 1.82) is 0 Å². The van der Waals surface area contributed by atoms with Gasteiger partial charge in [0.15, 0.2) is 17.2 Å². The summed E-state index contributed by atoms with van der Waals surface area (Å²) in [6.45, 7) is 3.94. The van der Waals surface area contributed by atoms with E-state index in [0.29, 0.717) is 41.8 Å². The lowest BCUT2D eigenvalue weighted by molar-refractivity contribution is 0.254. The molecule has 8 nitrogen and oxygen atoms in total. The number of nitrogens with two attached hydrogens (primary N) is 1. The van der Waals surface area contributed by atoms with Crippen molar-refractivity contribution in [2.45, 2.75) is 12.8 Å². The lowest BCUT2D eigenvalue weighted by atomic mass is 10.2. The SMILES string of the molecule is Nc1nc(CCCN2CCN(c3ccc(F)cc3F)CC2)cn2nc(-c3ccco3)nc12. The Balaban J connectivity index is 1.16. The third-order valence-corrected chi connectivity index (χ3v) is 5.67. The predicted octanol–water partition coefficient (Wildman–Crippen LogP) is 3.00. The quantitative estimate of drug-likeness (QED) is 0.494. The van der Waals surface area contributed by atoms with Crippen LogP contribution in [-0.2, 0) is 6.42 Å². The van der Waals surface area contributed by atoms with Crippen LogP contribution in [0.2, 0.25) is 0 Å². The Kier molecular flexibility index (Phi) is 5.44. The van der Waals surface area contributed by atoms with Gasteiger partial charge in [-0.15, -0.1) is 5.10 Å². The van der Waals surface area contributed by atoms with Gasteiger partial charge in [0.1, 0.15) is 11.6 Å². The highest BCUT2D eigenvalue weighted by Gasteiger charge is 2.20. The van der Waals surface area contributed by atoms with Crippen LogP contribution in [0.3, 0.4) is 0 Å². The average Bonchev–Trinajstić information content (AvgIpc) is 3.45. The van der Waals surface area contributed by atoms with Crippen molar-refractivity contribution < 1.29 is 13.2 Å². The molecule has 0 bridgehead atoms. The number of aromatic nitrogens is 4. The first kappa shape index (κ1) is 20.4. The van der Waals surface area contributed by atoms with Gasteiger partial charge in [0.25, 0.3) is 0 Å². The first-order valence-corrected chi connectivity index (χ1v) is 10.5. The van der Waals surface area contributed by atoms with E-state index in [4.69, 9.17) is 10.2 Å². The maximum absolute atomic E-state index is 14.0. The van der Waals surface area contributed by atoms with Crippen molar-refractivity contribution in [2.24, 2.45) is 0 Å². The third-order valence-electron chi connectivity index (χ3n) is 5.67. The van der Waals surface area contributed by atoms with Crippen LogP contribution in [0.5, 0.6) is 0 Å². The van der Waals surface area contributed by atoms with E-state index in [-0.39, 0.29) is 0 Å². The fourth-order valence-corrected chi connectivity index (χ4v) is 4.03. The number of hydrogen-bond acceptors (Lipinski definition) is 7. The zero-order valence-electron chi connectivity index (χ0n) is 17.4. The zero-order chi connectivity index (χ0) is 22.1. The molecule has 10 heteroatoms. The van der Waals surface area contributed by atoms with Gasteiger partial charge < -0.3 is 15.1 Å². The van der Waals surface area contributed by atoms with Crippen molar-refractivity contribution in [3.8, 4) is 11.6 Å². The highest BCUT2D eigenvalue weighted by atomic mass is 19.1. The number of rotatable bonds is 6. The molecule has 1 aliphatic rings. The molecule has 0 atom stereocenters. The van der Waals surface area contributed by atoms with E-state index in [9.17, 15) is 8.78 Å². The minimum atomic E-state index is -0.555. The minimum absolute atomic E-state index is 0.336. The molecule has 2 N–H and O–H groups in total. The summed E-state index contributed by atoms with van der Waals surface area (Å²) in [5.74, 6) is 0.314. The normalized spacial score (nSPS) is 15.0. The number of benzene rings is 1. The molecule has 0 unspecified atom stereocenters. The molecule has 0 aliphatic carbocycles. The molecule has 0 saturated carbocycles. The number of hydrogen-bond donors (Lipinski definition) is 1. The molecule has 166 valence electrons. The molecule has 32 heavy (non-hydrogen) atoms. The molecule has 0 radical (unpaired) electrons. The smallest absolute Gasteiger partial charge is 0.218 e. The second-order valence-corrected chi connectivity index (χ2v) is 7.83. The molecule has 1 fully saturated rings. The van der Waals surface area contributed by atoms with Gasteiger partial charge in [0.05, 0.1) is 23.8 Å². The summed E-state index contributed by atoms with van der Waals surface area (Å²) in [6.07, 6.45) is 5.08. The number of aryl methyl sites for hydroxylation is 1. The van der Waals surface area contributed by atoms with E-state index >= 15 is 0 Å². The van der Waals surface area contributed by atoms with Gasteiger partial charge in [-0.2, -0.15) is 0 Å². The summed E-state index contributed by atoms with van der Waals surface area (Å²) in [6, 6.07) is 7.32. The summed E-state index contributed by atoms with van der Waals surface area (Å²) in [4.78, 5) is 13.2. The van der Waals surface area contributed by atoms with Gasteiger partial charge in [0.2, 0.25) is 5.82 Å². The van der Waals surface area contributed by atoms with Crippen molar-refractivity contribution in [3.63, 3.8) is 0 Å². The molecule has 3 aromatic heterocycles. The summed E-state index contributed by atoms with van der Waals surface area (Å²) in [7, 11) is 0. The molecule has 1 aliphatic heterocycles. The molecule has 5 rings (SSSR count). The van der Waals surface area contributed by atoms with Crippen LogP contribution < -0.4 is 10.6 Å². The lowest BCUT2D eigenvalue weighted by Gasteiger charge is -2.36. The maximum atomic E-state index is 14.0. The van der Waals surface area contributed by atoms with Crippen LogP contribution in [-0.4, -0.2) is 57.2 Å². The molecule has 4 aromatic rings. The fraction of sp³-hybridized carbons (Fsp3) is 0.318. The Bertz CT molecular complexity index is 1220. The van der Waals surface area contributed by atoms with Gasteiger partial charge in [-0.1, -0.05) is 0 Å². The zero-order valence-corrected chi connectivity index (χ0v) is 17.4. The Morgan fingerprint density at radius 3 is 2.66 bits per heavy atom. The van der Waals surface area contributed by atoms with E-state index < -0.39 is 11.6 Å². The van der Waals surface area contributed by atoms with Crippen molar-refractivity contribution >= 4 is 17.2 Å². The minimum Gasteiger partial charge on any atom is -0.461 e. The molecule has 0 amide bonds. The van der Waals surface area contributed by atoms with Crippen molar-refractivity contribution in [2.75, 3.05) is 43.4 Å². The highest BCUT2D eigenvalue weighted by molar-refractivity contribution is 5.63. The monoisotopic (exact) mass is 439 g/mol. The average molecular weight is 439 g/mol. The predicted molar refractivity (Wildman–Crippen MR) is 116 cm³/mol. The first-order chi connectivity index (χ1) is 15.6. The van der Waals surface area contributed by atoms with Gasteiger partial charge in [-0.05, 0) is 43.7 Å². The van der Waals surface area contributed by atoms with Crippen molar-refractivity contribution in [3.05, 3.63) is 60.1 Å². The number of halogens is 2. The second kappa shape index (κ2) is 8.54. The number of anilines is 2. The summed E-state index contributed by atoms with van der Waals surface area (Å²) >= 11 is 0. The summed E-state index contributed by atoms with van der Waals surface area (Å²) in [5, 5.41) is 4.45. The molecule has 1 saturated heterocycles. The van der Waals surface area contributed by atoms with Crippen LogP contribution in [0.4, 0.5) is 20.3 Å². The van der Waals surface area contributed by atoms with Crippen LogP contribution in [0, 0.1) is 11.6 Å². The topological polar surface area (TPSA) is 88.7 Å². The number of furan rings is 1. The molecular formula is C22H23F2N7O. The van der Waals surface area contributed by atoms with Gasteiger partial charge in [-0.3, -0.25) is 4.90 Å². The molecule has 4 heterocycles. The van der Waals surface area contributed by atoms with Crippen LogP contribution in [0.1, 0.15) is 12.1 Å². The van der Waals surface area contributed by atoms with E-state index in [0.717, 1.165) is 44.2 Å². The van der Waals surface area contributed by atoms with Crippen molar-refractivity contribution in [1.82, 2.24) is 24.5 Å². The Hall–Kier alpha value is -3.53. The van der Waals surface area contributed by atoms with E-state index in [1.165, 1.54) is 12.1 Å². The Morgan fingerprint density at radius 2 is 1.91 bits per heavy atom. The van der Waals surface area contributed by atoms with Gasteiger partial charge in [-0.25, -0.2) is 23.3 Å². The van der Waals surface area contributed by atoms with Gasteiger partial charge >= 0.3 is 0 Å². The molecule has 1 aromatic carbocycles. The second-order valence-electron chi connectivity index (χ2n) is 7.83. The van der Waals surface area contributed by atoms with E-state index in [2.05, 4.69) is 20.0 Å². The third kappa shape index (κ3) is 4.13. The summed E-state index contributed by atoms with van der Waals surface area (Å²) in [5.41, 5.74) is 7.90. The Labute approximate surface area is 183 Å². The first-order valence-electron chi connectivity index (χ1n) is 10.5. The number of nitrogens with zero attached hydrogens (tertiary/aromatic N) is 6. The number of piperazine rings is 1.